The zero-order chi connectivity index (χ0) is 12.8. The fourth-order valence-electron chi connectivity index (χ4n) is 2.07. The summed E-state index contributed by atoms with van der Waals surface area (Å²) in [6, 6.07) is 2.08. The summed E-state index contributed by atoms with van der Waals surface area (Å²) in [4.78, 5) is 10.9. The number of aromatic hydroxyl groups is 3. The molecule has 4 N–H and O–H groups in total. The molecule has 1 saturated carbocycles. The maximum atomic E-state index is 10.9. The summed E-state index contributed by atoms with van der Waals surface area (Å²) in [5.41, 5.74) is -0.955. The first kappa shape index (κ1) is 11.5. The van der Waals surface area contributed by atoms with Gasteiger partial charge in [0, 0.05) is 18.7 Å². The Morgan fingerprint density at radius 3 is 2.35 bits per heavy atom. The number of phenolic OH excluding ortho intramolecular Hbond substituents is 3. The van der Waals surface area contributed by atoms with Gasteiger partial charge in [0.25, 0.3) is 0 Å². The molecule has 2 unspecified atom stereocenters. The average Bonchev–Trinajstić information content (AvgIpc) is 2.99. The predicted octanol–water partition coefficient (Wildman–Crippen LogP) is 0.750. The number of carboxylic acids is 1. The molecule has 6 nitrogen and oxygen atoms in total. The van der Waals surface area contributed by atoms with Gasteiger partial charge in [-0.2, -0.15) is 0 Å². The first-order valence-corrected chi connectivity index (χ1v) is 4.95. The van der Waals surface area contributed by atoms with E-state index in [2.05, 4.69) is 0 Å². The van der Waals surface area contributed by atoms with Crippen molar-refractivity contribution < 1.29 is 30.0 Å². The van der Waals surface area contributed by atoms with Gasteiger partial charge in [0.1, 0.15) is 11.4 Å². The molecule has 2 rings (SSSR count). The number of carboxylic acid groups (broad SMARTS) is 1. The Morgan fingerprint density at radius 2 is 1.88 bits per heavy atom. The number of hydrogen-bond donors (Lipinski definition) is 4. The lowest BCUT2D eigenvalue weighted by Gasteiger charge is -2.17. The molecule has 1 fully saturated rings. The van der Waals surface area contributed by atoms with Crippen LogP contribution in [0.5, 0.6) is 17.2 Å². The van der Waals surface area contributed by atoms with Crippen LogP contribution in [0.1, 0.15) is 12.0 Å². The third-order valence-corrected chi connectivity index (χ3v) is 3.12. The van der Waals surface area contributed by atoms with Crippen molar-refractivity contribution in [2.75, 3.05) is 7.11 Å². The van der Waals surface area contributed by atoms with Gasteiger partial charge in [-0.15, -0.1) is 0 Å². The first-order valence-electron chi connectivity index (χ1n) is 4.95. The fraction of sp³-hybridized carbons (Fsp3) is 0.364. The number of ether oxygens (including phenoxy) is 1. The smallest absolute Gasteiger partial charge is 0.309 e. The molecule has 1 aromatic rings. The Labute approximate surface area is 96.7 Å². The molecule has 0 aliphatic heterocycles. The number of methoxy groups -OCH3 is 1. The van der Waals surface area contributed by atoms with E-state index in [1.54, 1.807) is 0 Å². The highest BCUT2D eigenvalue weighted by atomic mass is 16.5. The molecule has 17 heavy (non-hydrogen) atoms. The molecule has 0 amide bonds. The molecule has 0 heterocycles. The molecule has 6 heteroatoms. The van der Waals surface area contributed by atoms with Crippen LogP contribution in [0.25, 0.3) is 0 Å². The van der Waals surface area contributed by atoms with Crippen LogP contribution in [-0.2, 0) is 15.1 Å². The van der Waals surface area contributed by atoms with Gasteiger partial charge in [-0.3, -0.25) is 4.79 Å². The van der Waals surface area contributed by atoms with Gasteiger partial charge < -0.3 is 25.2 Å². The molecule has 0 spiro atoms. The van der Waals surface area contributed by atoms with Crippen molar-refractivity contribution >= 4 is 5.97 Å². The minimum absolute atomic E-state index is 0.169. The fourth-order valence-corrected chi connectivity index (χ4v) is 2.07. The molecule has 0 radical (unpaired) electrons. The summed E-state index contributed by atoms with van der Waals surface area (Å²) in [5.74, 6) is -2.98. The van der Waals surface area contributed by atoms with Crippen molar-refractivity contribution in [3.8, 4) is 17.2 Å². The Hall–Kier alpha value is -1.95. The Kier molecular flexibility index (Phi) is 2.39. The lowest BCUT2D eigenvalue weighted by Crippen LogP contribution is -2.17. The van der Waals surface area contributed by atoms with Crippen LogP contribution in [0.3, 0.4) is 0 Å². The average molecular weight is 240 g/mol. The number of rotatable bonds is 3. The molecule has 2 atom stereocenters. The van der Waals surface area contributed by atoms with E-state index < -0.39 is 29.0 Å². The van der Waals surface area contributed by atoms with Crippen molar-refractivity contribution in [3.05, 3.63) is 17.7 Å². The largest absolute Gasteiger partial charge is 0.507 e. The number of hydrogen-bond acceptors (Lipinski definition) is 5. The van der Waals surface area contributed by atoms with Crippen LogP contribution in [-0.4, -0.2) is 33.5 Å². The number of benzene rings is 1. The first-order chi connectivity index (χ1) is 7.92. The van der Waals surface area contributed by atoms with E-state index in [0.717, 1.165) is 12.1 Å². The van der Waals surface area contributed by atoms with Crippen LogP contribution in [0, 0.1) is 5.92 Å². The van der Waals surface area contributed by atoms with Crippen molar-refractivity contribution in [1.82, 2.24) is 0 Å². The second-order valence-corrected chi connectivity index (χ2v) is 4.05. The van der Waals surface area contributed by atoms with E-state index in [1.807, 2.05) is 0 Å². The molecular formula is C11H12O6. The Morgan fingerprint density at radius 1 is 1.29 bits per heavy atom. The van der Waals surface area contributed by atoms with Gasteiger partial charge in [-0.1, -0.05) is 0 Å². The van der Waals surface area contributed by atoms with Crippen molar-refractivity contribution in [2.45, 2.75) is 12.0 Å². The number of aliphatic carboxylic acids is 1. The molecule has 1 aliphatic rings. The van der Waals surface area contributed by atoms with Gasteiger partial charge >= 0.3 is 5.97 Å². The SMILES string of the molecule is COC1(c2cc(O)c(O)cc2O)CC1C(=O)O. The van der Waals surface area contributed by atoms with Gasteiger partial charge in [-0.25, -0.2) is 0 Å². The zero-order valence-electron chi connectivity index (χ0n) is 9.04. The van der Waals surface area contributed by atoms with Crippen molar-refractivity contribution in [2.24, 2.45) is 5.92 Å². The number of carbonyl (C=O) groups is 1. The third kappa shape index (κ3) is 1.57. The van der Waals surface area contributed by atoms with Crippen LogP contribution in [0.2, 0.25) is 0 Å². The van der Waals surface area contributed by atoms with Gasteiger partial charge in [0.2, 0.25) is 0 Å². The summed E-state index contributed by atoms with van der Waals surface area (Å²) < 4.78 is 5.15. The lowest BCUT2D eigenvalue weighted by atomic mass is 10.0. The van der Waals surface area contributed by atoms with E-state index in [-0.39, 0.29) is 17.7 Å². The van der Waals surface area contributed by atoms with Crippen LogP contribution in [0.4, 0.5) is 0 Å². The standard InChI is InChI=1S/C11H12O6/c1-17-11(4-6(11)10(15)16)5-2-8(13)9(14)3-7(5)12/h2-3,6,12-14H,4H2,1H3,(H,15,16). The lowest BCUT2D eigenvalue weighted by molar-refractivity contribution is -0.140. The minimum Gasteiger partial charge on any atom is -0.507 e. The molecule has 0 saturated heterocycles. The minimum atomic E-state index is -1.12. The molecule has 92 valence electrons. The van der Waals surface area contributed by atoms with E-state index >= 15 is 0 Å². The van der Waals surface area contributed by atoms with E-state index in [0.29, 0.717) is 0 Å². The van der Waals surface area contributed by atoms with E-state index in [4.69, 9.17) is 9.84 Å². The highest BCUT2D eigenvalue weighted by molar-refractivity contribution is 5.77. The van der Waals surface area contributed by atoms with Crippen LogP contribution in [0.15, 0.2) is 12.1 Å². The second kappa shape index (κ2) is 3.53. The zero-order valence-corrected chi connectivity index (χ0v) is 9.04. The maximum Gasteiger partial charge on any atom is 0.309 e. The van der Waals surface area contributed by atoms with Gasteiger partial charge in [0.15, 0.2) is 11.5 Å². The second-order valence-electron chi connectivity index (χ2n) is 4.05. The Balaban J connectivity index is 2.47. The summed E-state index contributed by atoms with van der Waals surface area (Å²) >= 11 is 0. The highest BCUT2D eigenvalue weighted by Crippen LogP contribution is 2.58. The number of phenols is 3. The van der Waals surface area contributed by atoms with E-state index in [1.165, 1.54) is 7.11 Å². The monoisotopic (exact) mass is 240 g/mol. The molecule has 1 aliphatic carbocycles. The quantitative estimate of drug-likeness (QED) is 0.458. The van der Waals surface area contributed by atoms with Gasteiger partial charge in [0.05, 0.1) is 5.92 Å². The molecule has 1 aromatic carbocycles. The van der Waals surface area contributed by atoms with Gasteiger partial charge in [-0.05, 0) is 12.5 Å². The Bertz CT molecular complexity index is 483. The molecule has 0 bridgehead atoms. The normalized spacial score (nSPS) is 26.8. The van der Waals surface area contributed by atoms with Crippen LogP contribution >= 0.6 is 0 Å². The van der Waals surface area contributed by atoms with E-state index in [9.17, 15) is 20.1 Å². The summed E-state index contributed by atoms with van der Waals surface area (Å²) in [6.07, 6.45) is 0.219. The van der Waals surface area contributed by atoms with Crippen molar-refractivity contribution in [1.29, 1.82) is 0 Å². The molecule has 0 aromatic heterocycles. The predicted molar refractivity (Wildman–Crippen MR) is 55.9 cm³/mol. The summed E-state index contributed by atoms with van der Waals surface area (Å²) in [5, 5.41) is 37.2. The third-order valence-electron chi connectivity index (χ3n) is 3.12. The summed E-state index contributed by atoms with van der Waals surface area (Å²) in [7, 11) is 1.34. The highest BCUT2D eigenvalue weighted by Gasteiger charge is 2.62. The maximum absolute atomic E-state index is 10.9. The molecular weight excluding hydrogens is 228 g/mol. The van der Waals surface area contributed by atoms with Crippen molar-refractivity contribution in [3.63, 3.8) is 0 Å². The summed E-state index contributed by atoms with van der Waals surface area (Å²) in [6.45, 7) is 0. The van der Waals surface area contributed by atoms with Crippen LogP contribution < -0.4 is 0 Å². The topological polar surface area (TPSA) is 107 Å².